The first-order valence-electron chi connectivity index (χ1n) is 7.36. The molecule has 0 aliphatic rings. The molecule has 0 aliphatic heterocycles. The SMILES string of the molecule is CCOC(=O)Nc1nc2cccc(-n3nnc4ccccc43)n2n1. The van der Waals surface area contributed by atoms with Gasteiger partial charge in [-0.1, -0.05) is 23.4 Å². The molecular formula is C15H13N7O2. The minimum Gasteiger partial charge on any atom is -0.450 e. The highest BCUT2D eigenvalue weighted by Crippen LogP contribution is 2.17. The Morgan fingerprint density at radius 2 is 2.08 bits per heavy atom. The van der Waals surface area contributed by atoms with Crippen LogP contribution in [0.2, 0.25) is 0 Å². The predicted molar refractivity (Wildman–Crippen MR) is 86.1 cm³/mol. The Kier molecular flexibility index (Phi) is 3.30. The summed E-state index contributed by atoms with van der Waals surface area (Å²) in [6.45, 7) is 2.00. The summed E-state index contributed by atoms with van der Waals surface area (Å²) < 4.78 is 8.09. The molecule has 4 rings (SSSR count). The molecule has 1 aromatic carbocycles. The van der Waals surface area contributed by atoms with Gasteiger partial charge in [0, 0.05) is 0 Å². The van der Waals surface area contributed by atoms with Crippen molar-refractivity contribution >= 4 is 28.7 Å². The highest BCUT2D eigenvalue weighted by molar-refractivity contribution is 5.82. The molecule has 9 heteroatoms. The average Bonchev–Trinajstić information content (AvgIpc) is 3.18. The van der Waals surface area contributed by atoms with Gasteiger partial charge in [-0.3, -0.25) is 5.32 Å². The van der Waals surface area contributed by atoms with E-state index in [0.717, 1.165) is 11.0 Å². The molecule has 9 nitrogen and oxygen atoms in total. The lowest BCUT2D eigenvalue weighted by atomic mass is 10.3. The number of ether oxygens (including phenoxy) is 1. The van der Waals surface area contributed by atoms with E-state index >= 15 is 0 Å². The Bertz CT molecular complexity index is 1040. The van der Waals surface area contributed by atoms with Crippen LogP contribution in [0.5, 0.6) is 0 Å². The lowest BCUT2D eigenvalue weighted by Crippen LogP contribution is -2.14. The quantitative estimate of drug-likeness (QED) is 0.619. The Labute approximate surface area is 135 Å². The Morgan fingerprint density at radius 1 is 1.21 bits per heavy atom. The summed E-state index contributed by atoms with van der Waals surface area (Å²) in [6, 6.07) is 13.1. The van der Waals surface area contributed by atoms with Crippen molar-refractivity contribution in [3.05, 3.63) is 42.5 Å². The predicted octanol–water partition coefficient (Wildman–Crippen LogP) is 2.03. The third kappa shape index (κ3) is 2.32. The summed E-state index contributed by atoms with van der Waals surface area (Å²) in [5, 5.41) is 15.1. The van der Waals surface area contributed by atoms with Crippen molar-refractivity contribution in [1.82, 2.24) is 29.6 Å². The van der Waals surface area contributed by atoms with Crippen LogP contribution in [-0.2, 0) is 4.74 Å². The molecule has 0 radical (unpaired) electrons. The van der Waals surface area contributed by atoms with E-state index in [0.29, 0.717) is 11.5 Å². The van der Waals surface area contributed by atoms with E-state index in [2.05, 4.69) is 25.7 Å². The molecule has 0 atom stereocenters. The number of aromatic nitrogens is 6. The number of anilines is 1. The molecular weight excluding hydrogens is 310 g/mol. The number of nitrogens with zero attached hydrogens (tertiary/aromatic N) is 6. The molecule has 0 aliphatic carbocycles. The van der Waals surface area contributed by atoms with Gasteiger partial charge in [0.05, 0.1) is 12.1 Å². The van der Waals surface area contributed by atoms with Crippen molar-refractivity contribution in [3.8, 4) is 5.82 Å². The zero-order valence-electron chi connectivity index (χ0n) is 12.7. The second kappa shape index (κ2) is 5.61. The number of pyridine rings is 1. The maximum atomic E-state index is 11.5. The topological polar surface area (TPSA) is 99.2 Å². The van der Waals surface area contributed by atoms with Gasteiger partial charge >= 0.3 is 6.09 Å². The van der Waals surface area contributed by atoms with E-state index in [1.165, 1.54) is 0 Å². The highest BCUT2D eigenvalue weighted by Gasteiger charge is 2.13. The van der Waals surface area contributed by atoms with Gasteiger partial charge in [-0.2, -0.15) is 14.2 Å². The number of benzene rings is 1. The monoisotopic (exact) mass is 323 g/mol. The number of rotatable bonds is 3. The van der Waals surface area contributed by atoms with Crippen LogP contribution < -0.4 is 5.32 Å². The fourth-order valence-corrected chi connectivity index (χ4v) is 2.40. The fourth-order valence-electron chi connectivity index (χ4n) is 2.40. The zero-order chi connectivity index (χ0) is 16.5. The molecule has 120 valence electrons. The maximum absolute atomic E-state index is 11.5. The molecule has 24 heavy (non-hydrogen) atoms. The summed E-state index contributed by atoms with van der Waals surface area (Å²) in [5.74, 6) is 0.816. The van der Waals surface area contributed by atoms with Gasteiger partial charge in [-0.25, -0.2) is 4.79 Å². The van der Waals surface area contributed by atoms with E-state index in [1.54, 1.807) is 22.2 Å². The molecule has 0 fully saturated rings. The average molecular weight is 323 g/mol. The first-order valence-corrected chi connectivity index (χ1v) is 7.36. The number of amides is 1. The number of para-hydroxylation sites is 1. The molecule has 3 aromatic heterocycles. The van der Waals surface area contributed by atoms with Crippen LogP contribution in [0.1, 0.15) is 6.92 Å². The van der Waals surface area contributed by atoms with Crippen LogP contribution in [0.3, 0.4) is 0 Å². The largest absolute Gasteiger partial charge is 0.450 e. The van der Waals surface area contributed by atoms with Gasteiger partial charge in [0.2, 0.25) is 0 Å². The van der Waals surface area contributed by atoms with Gasteiger partial charge < -0.3 is 4.74 Å². The molecule has 1 N–H and O–H groups in total. The van der Waals surface area contributed by atoms with Crippen molar-refractivity contribution in [1.29, 1.82) is 0 Å². The van der Waals surface area contributed by atoms with Crippen LogP contribution in [0.15, 0.2) is 42.5 Å². The molecule has 0 bridgehead atoms. The van der Waals surface area contributed by atoms with Crippen molar-refractivity contribution in [2.75, 3.05) is 11.9 Å². The first-order chi connectivity index (χ1) is 11.8. The minimum absolute atomic E-state index is 0.158. The molecule has 0 unspecified atom stereocenters. The smallest absolute Gasteiger partial charge is 0.414 e. The number of carbonyl (C=O) groups excluding carboxylic acids is 1. The Morgan fingerprint density at radius 3 is 2.96 bits per heavy atom. The lowest BCUT2D eigenvalue weighted by Gasteiger charge is -2.03. The highest BCUT2D eigenvalue weighted by atomic mass is 16.5. The minimum atomic E-state index is -0.596. The van der Waals surface area contributed by atoms with Gasteiger partial charge in [0.25, 0.3) is 5.95 Å². The molecule has 0 saturated heterocycles. The lowest BCUT2D eigenvalue weighted by molar-refractivity contribution is 0.167. The van der Waals surface area contributed by atoms with E-state index in [-0.39, 0.29) is 12.6 Å². The van der Waals surface area contributed by atoms with Crippen molar-refractivity contribution in [2.24, 2.45) is 0 Å². The Balaban J connectivity index is 1.81. The third-order valence-electron chi connectivity index (χ3n) is 3.40. The van der Waals surface area contributed by atoms with Gasteiger partial charge in [-0.05, 0) is 31.2 Å². The van der Waals surface area contributed by atoms with Crippen molar-refractivity contribution < 1.29 is 9.53 Å². The standard InChI is InChI=1S/C15H13N7O2/c1-2-24-15(23)17-14-16-12-8-5-9-13(22(12)19-14)21-11-7-4-3-6-10(11)18-20-21/h3-9H,2H2,1H3,(H,17,19,23). The van der Waals surface area contributed by atoms with E-state index < -0.39 is 6.09 Å². The fraction of sp³-hybridized carbons (Fsp3) is 0.133. The first kappa shape index (κ1) is 14.1. The molecule has 1 amide bonds. The van der Waals surface area contributed by atoms with Crippen LogP contribution in [0, 0.1) is 0 Å². The van der Waals surface area contributed by atoms with Gasteiger partial charge in [0.1, 0.15) is 5.52 Å². The van der Waals surface area contributed by atoms with Gasteiger partial charge in [0.15, 0.2) is 11.5 Å². The number of fused-ring (bicyclic) bond motifs is 2. The summed E-state index contributed by atoms with van der Waals surface area (Å²) in [4.78, 5) is 15.8. The summed E-state index contributed by atoms with van der Waals surface area (Å²) in [7, 11) is 0. The number of hydrogen-bond acceptors (Lipinski definition) is 6. The number of hydrogen-bond donors (Lipinski definition) is 1. The maximum Gasteiger partial charge on any atom is 0.414 e. The second-order valence-corrected chi connectivity index (χ2v) is 4.92. The normalized spacial score (nSPS) is 11.0. The van der Waals surface area contributed by atoms with E-state index in [1.807, 2.05) is 36.4 Å². The summed E-state index contributed by atoms with van der Waals surface area (Å²) >= 11 is 0. The van der Waals surface area contributed by atoms with Crippen LogP contribution >= 0.6 is 0 Å². The van der Waals surface area contributed by atoms with Crippen LogP contribution in [0.4, 0.5) is 10.7 Å². The number of nitrogens with one attached hydrogen (secondary N) is 1. The molecule has 3 heterocycles. The third-order valence-corrected chi connectivity index (χ3v) is 3.40. The van der Waals surface area contributed by atoms with Crippen molar-refractivity contribution in [3.63, 3.8) is 0 Å². The van der Waals surface area contributed by atoms with Gasteiger partial charge in [-0.15, -0.1) is 10.2 Å². The second-order valence-electron chi connectivity index (χ2n) is 4.92. The molecule has 0 saturated carbocycles. The van der Waals surface area contributed by atoms with Crippen LogP contribution in [-0.4, -0.2) is 42.3 Å². The van der Waals surface area contributed by atoms with Crippen molar-refractivity contribution in [2.45, 2.75) is 6.92 Å². The zero-order valence-corrected chi connectivity index (χ0v) is 12.7. The Hall–Kier alpha value is -3.49. The summed E-state index contributed by atoms with van der Waals surface area (Å²) in [5.41, 5.74) is 2.19. The van der Waals surface area contributed by atoms with E-state index in [9.17, 15) is 4.79 Å². The molecule has 0 spiro atoms. The van der Waals surface area contributed by atoms with E-state index in [4.69, 9.17) is 4.74 Å². The van der Waals surface area contributed by atoms with Crippen LogP contribution in [0.25, 0.3) is 22.5 Å². The summed E-state index contributed by atoms with van der Waals surface area (Å²) in [6.07, 6.45) is -0.596. The number of carbonyl (C=O) groups is 1. The molecule has 4 aromatic rings.